The Bertz CT molecular complexity index is 431. The van der Waals surface area contributed by atoms with Crippen molar-refractivity contribution in [3.63, 3.8) is 0 Å². The van der Waals surface area contributed by atoms with E-state index in [1.807, 2.05) is 0 Å². The van der Waals surface area contributed by atoms with Gasteiger partial charge in [0.1, 0.15) is 11.6 Å². The molecule has 0 amide bonds. The first-order chi connectivity index (χ1) is 8.06. The fraction of sp³-hybridized carbons (Fsp3) is 0.462. The summed E-state index contributed by atoms with van der Waals surface area (Å²) in [4.78, 5) is 11.8. The number of carbonyl (C=O) groups excluding carboxylic acids is 1. The molecule has 17 heavy (non-hydrogen) atoms. The summed E-state index contributed by atoms with van der Waals surface area (Å²) in [7, 11) is 0. The first-order valence-electron chi connectivity index (χ1n) is 5.77. The molecular weight excluding hydrogens is 285 g/mol. The van der Waals surface area contributed by atoms with E-state index in [2.05, 4.69) is 15.9 Å². The molecule has 2 N–H and O–H groups in total. The molecule has 1 atom stereocenters. The lowest BCUT2D eigenvalue weighted by atomic mass is 10.0. The van der Waals surface area contributed by atoms with Crippen molar-refractivity contribution in [3.05, 3.63) is 34.1 Å². The van der Waals surface area contributed by atoms with Crippen molar-refractivity contribution < 1.29 is 9.18 Å². The molecule has 1 unspecified atom stereocenters. The maximum absolute atomic E-state index is 13.0. The summed E-state index contributed by atoms with van der Waals surface area (Å²) in [5, 5.41) is 0. The lowest BCUT2D eigenvalue weighted by molar-refractivity contribution is -0.118. The van der Waals surface area contributed by atoms with E-state index in [0.29, 0.717) is 17.9 Å². The van der Waals surface area contributed by atoms with Gasteiger partial charge in [-0.1, -0.05) is 15.9 Å². The third kappa shape index (κ3) is 3.61. The maximum atomic E-state index is 13.0. The Morgan fingerprint density at radius 2 is 2.24 bits per heavy atom. The van der Waals surface area contributed by atoms with Crippen molar-refractivity contribution in [1.29, 1.82) is 0 Å². The lowest BCUT2D eigenvalue weighted by Gasteiger charge is -2.09. The van der Waals surface area contributed by atoms with Crippen LogP contribution in [0.15, 0.2) is 22.7 Å². The molecular formula is C13H15BrFNO. The van der Waals surface area contributed by atoms with Crippen molar-refractivity contribution in [2.75, 3.05) is 0 Å². The van der Waals surface area contributed by atoms with Crippen LogP contribution in [-0.4, -0.2) is 11.8 Å². The highest BCUT2D eigenvalue weighted by molar-refractivity contribution is 9.10. The highest BCUT2D eigenvalue weighted by Crippen LogP contribution is 2.33. The molecule has 2 nitrogen and oxygen atoms in total. The fourth-order valence-electron chi connectivity index (χ4n) is 1.92. The molecule has 0 aliphatic heterocycles. The Morgan fingerprint density at radius 3 is 2.88 bits per heavy atom. The number of rotatable bonds is 5. The van der Waals surface area contributed by atoms with Crippen molar-refractivity contribution in [3.8, 4) is 0 Å². The zero-order valence-electron chi connectivity index (χ0n) is 9.46. The normalized spacial score (nSPS) is 16.9. The van der Waals surface area contributed by atoms with Crippen LogP contribution < -0.4 is 5.73 Å². The van der Waals surface area contributed by atoms with Crippen molar-refractivity contribution in [1.82, 2.24) is 0 Å². The summed E-state index contributed by atoms with van der Waals surface area (Å²) >= 11 is 3.32. The second kappa shape index (κ2) is 5.27. The van der Waals surface area contributed by atoms with E-state index in [1.165, 1.54) is 12.1 Å². The van der Waals surface area contributed by atoms with E-state index >= 15 is 0 Å². The van der Waals surface area contributed by atoms with E-state index in [-0.39, 0.29) is 24.1 Å². The summed E-state index contributed by atoms with van der Waals surface area (Å²) in [6.45, 7) is 0. The first kappa shape index (κ1) is 12.7. The Kier molecular flexibility index (Phi) is 3.94. The van der Waals surface area contributed by atoms with E-state index in [9.17, 15) is 9.18 Å². The maximum Gasteiger partial charge on any atom is 0.138 e. The standard InChI is InChI=1S/C13H15BrFNO/c14-12-4-3-10(15)5-9(12)6-11(17)7-13(16)8-1-2-8/h3-5,8,13H,1-2,6-7,16H2. The molecule has 1 saturated carbocycles. The average molecular weight is 300 g/mol. The van der Waals surface area contributed by atoms with Crippen LogP contribution in [0.1, 0.15) is 24.8 Å². The number of Topliss-reactive ketones (excluding diaryl/α,β-unsaturated/α-hetero) is 1. The van der Waals surface area contributed by atoms with Gasteiger partial charge in [-0.2, -0.15) is 0 Å². The minimum Gasteiger partial charge on any atom is -0.327 e. The summed E-state index contributed by atoms with van der Waals surface area (Å²) in [6.07, 6.45) is 2.92. The van der Waals surface area contributed by atoms with Crippen LogP contribution in [-0.2, 0) is 11.2 Å². The average Bonchev–Trinajstić information content (AvgIpc) is 3.06. The highest BCUT2D eigenvalue weighted by Gasteiger charge is 2.29. The molecule has 1 aromatic carbocycles. The molecule has 1 aromatic rings. The number of nitrogens with two attached hydrogens (primary N) is 1. The van der Waals surface area contributed by atoms with Crippen molar-refractivity contribution in [2.45, 2.75) is 31.7 Å². The Balaban J connectivity index is 1.94. The molecule has 0 spiro atoms. The quantitative estimate of drug-likeness (QED) is 0.908. The fourth-order valence-corrected chi connectivity index (χ4v) is 2.30. The van der Waals surface area contributed by atoms with Gasteiger partial charge in [-0.15, -0.1) is 0 Å². The van der Waals surface area contributed by atoms with Crippen LogP contribution in [0.5, 0.6) is 0 Å². The topological polar surface area (TPSA) is 43.1 Å². The SMILES string of the molecule is NC(CC(=O)Cc1cc(F)ccc1Br)C1CC1. The zero-order valence-corrected chi connectivity index (χ0v) is 11.0. The van der Waals surface area contributed by atoms with Crippen molar-refractivity contribution >= 4 is 21.7 Å². The summed E-state index contributed by atoms with van der Waals surface area (Å²) in [5.41, 5.74) is 6.59. The van der Waals surface area contributed by atoms with Gasteiger partial charge in [0.25, 0.3) is 0 Å². The van der Waals surface area contributed by atoms with Gasteiger partial charge >= 0.3 is 0 Å². The molecule has 0 radical (unpaired) electrons. The van der Waals surface area contributed by atoms with E-state index in [0.717, 1.165) is 17.3 Å². The van der Waals surface area contributed by atoms with Gasteiger partial charge in [0.05, 0.1) is 0 Å². The summed E-state index contributed by atoms with van der Waals surface area (Å²) < 4.78 is 13.8. The highest BCUT2D eigenvalue weighted by atomic mass is 79.9. The summed E-state index contributed by atoms with van der Waals surface area (Å²) in [5.74, 6) is 0.285. The zero-order chi connectivity index (χ0) is 12.4. The summed E-state index contributed by atoms with van der Waals surface area (Å²) in [6, 6.07) is 4.37. The minimum atomic E-state index is -0.317. The molecule has 0 aromatic heterocycles. The smallest absolute Gasteiger partial charge is 0.138 e. The predicted molar refractivity (Wildman–Crippen MR) is 68.1 cm³/mol. The number of hydrogen-bond donors (Lipinski definition) is 1. The largest absolute Gasteiger partial charge is 0.327 e. The third-order valence-corrected chi connectivity index (χ3v) is 3.86. The molecule has 1 aliphatic rings. The van der Waals surface area contributed by atoms with Gasteiger partial charge in [0, 0.05) is 23.4 Å². The van der Waals surface area contributed by atoms with Crippen LogP contribution in [0.3, 0.4) is 0 Å². The molecule has 2 rings (SSSR count). The number of carbonyl (C=O) groups is 1. The molecule has 1 aliphatic carbocycles. The van der Waals surface area contributed by atoms with Gasteiger partial charge in [0.15, 0.2) is 0 Å². The van der Waals surface area contributed by atoms with Gasteiger partial charge in [-0.05, 0) is 42.5 Å². The number of hydrogen-bond acceptors (Lipinski definition) is 2. The van der Waals surface area contributed by atoms with Gasteiger partial charge in [-0.25, -0.2) is 4.39 Å². The van der Waals surface area contributed by atoms with Gasteiger partial charge in [0.2, 0.25) is 0 Å². The van der Waals surface area contributed by atoms with Crippen LogP contribution in [0.2, 0.25) is 0 Å². The minimum absolute atomic E-state index is 0.0187. The Hall–Kier alpha value is -0.740. The van der Waals surface area contributed by atoms with Gasteiger partial charge in [-0.3, -0.25) is 4.79 Å². The van der Waals surface area contributed by atoms with Crippen LogP contribution >= 0.6 is 15.9 Å². The third-order valence-electron chi connectivity index (χ3n) is 3.09. The molecule has 1 fully saturated rings. The second-order valence-electron chi connectivity index (χ2n) is 4.66. The Morgan fingerprint density at radius 1 is 1.53 bits per heavy atom. The first-order valence-corrected chi connectivity index (χ1v) is 6.57. The lowest BCUT2D eigenvalue weighted by Crippen LogP contribution is -2.26. The van der Waals surface area contributed by atoms with Gasteiger partial charge < -0.3 is 5.73 Å². The van der Waals surface area contributed by atoms with Crippen LogP contribution in [0.25, 0.3) is 0 Å². The van der Waals surface area contributed by atoms with Crippen LogP contribution in [0.4, 0.5) is 4.39 Å². The monoisotopic (exact) mass is 299 g/mol. The number of halogens is 2. The molecule has 0 saturated heterocycles. The molecule has 4 heteroatoms. The molecule has 0 bridgehead atoms. The number of benzene rings is 1. The Labute approximate surface area is 109 Å². The van der Waals surface area contributed by atoms with E-state index in [1.54, 1.807) is 6.07 Å². The second-order valence-corrected chi connectivity index (χ2v) is 5.51. The molecule has 0 heterocycles. The van der Waals surface area contributed by atoms with E-state index < -0.39 is 0 Å². The molecule has 92 valence electrons. The van der Waals surface area contributed by atoms with Crippen LogP contribution in [0, 0.1) is 11.7 Å². The number of ketones is 1. The predicted octanol–water partition coefficient (Wildman–Crippen LogP) is 2.83. The van der Waals surface area contributed by atoms with Crippen molar-refractivity contribution in [2.24, 2.45) is 11.7 Å². The van der Waals surface area contributed by atoms with E-state index in [4.69, 9.17) is 5.73 Å².